The lowest BCUT2D eigenvalue weighted by Crippen LogP contribution is -2.55. The van der Waals surface area contributed by atoms with Crippen LogP contribution in [0, 0.1) is 5.41 Å². The van der Waals surface area contributed by atoms with Crippen LogP contribution in [0.15, 0.2) is 30.3 Å². The van der Waals surface area contributed by atoms with Crippen molar-refractivity contribution in [3.63, 3.8) is 0 Å². The number of rotatable bonds is 10. The van der Waals surface area contributed by atoms with Gasteiger partial charge in [0.2, 0.25) is 17.7 Å². The monoisotopic (exact) mass is 609 g/mol. The number of nitrogen functional groups attached to an aromatic ring is 1. The van der Waals surface area contributed by atoms with E-state index in [-0.39, 0.29) is 35.9 Å². The molecule has 0 radical (unpaired) electrons. The minimum atomic E-state index is -0.668. The van der Waals surface area contributed by atoms with E-state index in [9.17, 15) is 24.6 Å². The van der Waals surface area contributed by atoms with E-state index >= 15 is 0 Å². The molecule has 2 saturated heterocycles. The quantitative estimate of drug-likeness (QED) is 0.296. The Kier molecular flexibility index (Phi) is 10.7. The van der Waals surface area contributed by atoms with Crippen molar-refractivity contribution in [2.75, 3.05) is 43.4 Å². The molecule has 240 valence electrons. The Labute approximate surface area is 259 Å². The summed E-state index contributed by atoms with van der Waals surface area (Å²) in [7, 11) is 0. The summed E-state index contributed by atoms with van der Waals surface area (Å²) in [6, 6.07) is 8.03. The second-order valence-corrected chi connectivity index (χ2v) is 13.0. The van der Waals surface area contributed by atoms with Gasteiger partial charge in [0.05, 0.1) is 17.5 Å². The number of unbranched alkanes of at least 4 members (excludes halogenated alkanes) is 2. The molecule has 1 aromatic carbocycles. The van der Waals surface area contributed by atoms with Gasteiger partial charge in [0.15, 0.2) is 5.82 Å². The molecule has 2 aliphatic rings. The third-order valence-corrected chi connectivity index (χ3v) is 8.50. The molecule has 12 nitrogen and oxygen atoms in total. The van der Waals surface area contributed by atoms with E-state index in [2.05, 4.69) is 20.4 Å². The number of phenols is 1. The number of hydrogen-bond acceptors (Lipinski definition) is 9. The van der Waals surface area contributed by atoms with Crippen LogP contribution in [-0.4, -0.2) is 98.8 Å². The predicted molar refractivity (Wildman–Crippen MR) is 169 cm³/mol. The highest BCUT2D eigenvalue weighted by Gasteiger charge is 2.40. The molecule has 12 heteroatoms. The Hall–Kier alpha value is -3.93. The lowest BCUT2D eigenvalue weighted by molar-refractivity contribution is -0.140. The van der Waals surface area contributed by atoms with Crippen molar-refractivity contribution in [1.29, 1.82) is 0 Å². The Morgan fingerprint density at radius 3 is 2.36 bits per heavy atom. The van der Waals surface area contributed by atoms with Crippen molar-refractivity contribution in [3.8, 4) is 17.0 Å². The number of aromatic hydroxyl groups is 1. The van der Waals surface area contributed by atoms with Gasteiger partial charge in [-0.3, -0.25) is 14.4 Å². The van der Waals surface area contributed by atoms with Gasteiger partial charge >= 0.3 is 0 Å². The second-order valence-electron chi connectivity index (χ2n) is 13.0. The van der Waals surface area contributed by atoms with E-state index in [0.717, 1.165) is 12.1 Å². The first-order chi connectivity index (χ1) is 20.8. The van der Waals surface area contributed by atoms with E-state index < -0.39 is 17.6 Å². The first-order valence-electron chi connectivity index (χ1n) is 15.6. The highest BCUT2D eigenvalue weighted by Crippen LogP contribution is 2.32. The number of nitrogens with two attached hydrogens (primary N) is 1. The topological polar surface area (TPSA) is 165 Å². The summed E-state index contributed by atoms with van der Waals surface area (Å²) in [5.41, 5.74) is 7.50. The van der Waals surface area contributed by atoms with E-state index in [0.29, 0.717) is 75.5 Å². The molecule has 2 fully saturated rings. The zero-order chi connectivity index (χ0) is 32.0. The number of para-hydroxylation sites is 1. The number of piperazine rings is 1. The number of carbonyl (C=O) groups is 3. The second kappa shape index (κ2) is 14.2. The van der Waals surface area contributed by atoms with E-state index in [4.69, 9.17) is 5.73 Å². The van der Waals surface area contributed by atoms with Crippen LogP contribution < -0.4 is 16.0 Å². The van der Waals surface area contributed by atoms with Crippen molar-refractivity contribution in [1.82, 2.24) is 25.3 Å². The maximum absolute atomic E-state index is 13.2. The molecule has 44 heavy (non-hydrogen) atoms. The third-order valence-electron chi connectivity index (χ3n) is 8.50. The number of benzene rings is 1. The molecule has 2 aliphatic heterocycles. The lowest BCUT2D eigenvalue weighted by Gasteiger charge is -2.36. The van der Waals surface area contributed by atoms with Crippen LogP contribution in [0.25, 0.3) is 11.3 Å². The maximum atomic E-state index is 13.2. The number of phenolic OH excluding ortho intramolecular Hbond substituents is 1. The minimum absolute atomic E-state index is 0.0616. The van der Waals surface area contributed by atoms with E-state index in [1.165, 1.54) is 0 Å². The fourth-order valence-corrected chi connectivity index (χ4v) is 5.92. The summed E-state index contributed by atoms with van der Waals surface area (Å²) < 4.78 is 0. The van der Waals surface area contributed by atoms with Crippen molar-refractivity contribution >= 4 is 29.2 Å². The van der Waals surface area contributed by atoms with Gasteiger partial charge < -0.3 is 36.0 Å². The lowest BCUT2D eigenvalue weighted by atomic mass is 9.85. The SMILES string of the molecule is C[C@@H]1C[C@@H](O)CN1C(=O)[C@@H](NC(=O)CCCCCC(=O)N1CCN(c2cc(-c3ccccc3O)nnc2N)CC1)C(C)(C)C. The molecule has 0 bridgehead atoms. The van der Waals surface area contributed by atoms with Crippen molar-refractivity contribution in [3.05, 3.63) is 30.3 Å². The normalized spacial score (nSPS) is 19.6. The molecule has 3 amide bonds. The zero-order valence-corrected chi connectivity index (χ0v) is 26.3. The highest BCUT2D eigenvalue weighted by molar-refractivity contribution is 5.88. The number of aromatic nitrogens is 2. The molecule has 0 aliphatic carbocycles. The molecule has 1 aromatic heterocycles. The number of nitrogens with zero attached hydrogens (tertiary/aromatic N) is 5. The predicted octanol–water partition coefficient (Wildman–Crippen LogP) is 2.54. The fraction of sp³-hybridized carbons (Fsp3) is 0.594. The third kappa shape index (κ3) is 8.16. The number of nitrogens with one attached hydrogen (secondary N) is 1. The number of β-amino-alcohol motifs (C(OH)–C–C–N with tert-alkyl or cyclic N) is 1. The average molecular weight is 610 g/mol. The van der Waals surface area contributed by atoms with Crippen molar-refractivity contribution < 1.29 is 24.6 Å². The summed E-state index contributed by atoms with van der Waals surface area (Å²) in [5.74, 6) is 0.176. The average Bonchev–Trinajstić information content (AvgIpc) is 3.33. The Morgan fingerprint density at radius 1 is 1.05 bits per heavy atom. The zero-order valence-electron chi connectivity index (χ0n) is 26.3. The summed E-state index contributed by atoms with van der Waals surface area (Å²) in [6.07, 6.45) is 2.76. The van der Waals surface area contributed by atoms with Crippen LogP contribution in [0.3, 0.4) is 0 Å². The van der Waals surface area contributed by atoms with Gasteiger partial charge in [-0.15, -0.1) is 10.2 Å². The summed E-state index contributed by atoms with van der Waals surface area (Å²) in [5, 5.41) is 31.3. The van der Waals surface area contributed by atoms with Crippen molar-refractivity contribution in [2.45, 2.75) is 84.4 Å². The van der Waals surface area contributed by atoms with Gasteiger partial charge in [0.1, 0.15) is 11.8 Å². The van der Waals surface area contributed by atoms with Gasteiger partial charge in [-0.25, -0.2) is 0 Å². The van der Waals surface area contributed by atoms with Crippen molar-refractivity contribution in [2.24, 2.45) is 5.41 Å². The number of hydrogen-bond donors (Lipinski definition) is 4. The van der Waals surface area contributed by atoms with Crippen LogP contribution >= 0.6 is 0 Å². The number of carbonyl (C=O) groups excluding carboxylic acids is 3. The summed E-state index contributed by atoms with van der Waals surface area (Å²) in [4.78, 5) is 44.5. The van der Waals surface area contributed by atoms with Gasteiger partial charge in [-0.1, -0.05) is 39.3 Å². The highest BCUT2D eigenvalue weighted by atomic mass is 16.3. The number of aliphatic hydroxyl groups excluding tert-OH is 1. The van der Waals surface area contributed by atoms with Gasteiger partial charge in [-0.2, -0.15) is 0 Å². The molecule has 3 heterocycles. The first-order valence-corrected chi connectivity index (χ1v) is 15.6. The first kappa shape index (κ1) is 33.0. The summed E-state index contributed by atoms with van der Waals surface area (Å²) >= 11 is 0. The van der Waals surface area contributed by atoms with Gasteiger partial charge in [0.25, 0.3) is 0 Å². The van der Waals surface area contributed by atoms with Crippen LogP contribution in [0.5, 0.6) is 5.75 Å². The molecule has 0 spiro atoms. The fourth-order valence-electron chi connectivity index (χ4n) is 5.92. The summed E-state index contributed by atoms with van der Waals surface area (Å²) in [6.45, 7) is 10.3. The Balaban J connectivity index is 1.19. The number of anilines is 2. The van der Waals surface area contributed by atoms with Gasteiger partial charge in [-0.05, 0) is 49.8 Å². The molecular weight excluding hydrogens is 562 g/mol. The smallest absolute Gasteiger partial charge is 0.246 e. The van der Waals surface area contributed by atoms with Crippen LogP contribution in [0.2, 0.25) is 0 Å². The minimum Gasteiger partial charge on any atom is -0.507 e. The molecule has 0 unspecified atom stereocenters. The Morgan fingerprint density at radius 2 is 1.73 bits per heavy atom. The number of aliphatic hydroxyl groups is 1. The number of likely N-dealkylation sites (tertiary alicyclic amines) is 1. The standard InChI is InChI=1S/C32H47N7O5/c1-21-18-22(40)20-39(21)31(44)29(32(2,3)4)34-27(42)12-6-5-7-13-28(43)38-16-14-37(15-17-38)25-19-24(35-36-30(25)33)23-10-8-9-11-26(23)41/h8-11,19,21-22,29,40-41H,5-7,12-18,20H2,1-4H3,(H2,33,36)(H,34,42)/t21-,22-,29-/m1/s1. The largest absolute Gasteiger partial charge is 0.507 e. The molecule has 0 saturated carbocycles. The van der Waals surface area contributed by atoms with Crippen LogP contribution in [0.1, 0.15) is 66.2 Å². The Bertz CT molecular complexity index is 1320. The molecule has 2 aromatic rings. The molecule has 4 rings (SSSR count). The molecular formula is C32H47N7O5. The van der Waals surface area contributed by atoms with Crippen LogP contribution in [0.4, 0.5) is 11.5 Å². The number of amides is 3. The van der Waals surface area contributed by atoms with E-state index in [1.807, 2.05) is 44.7 Å². The maximum Gasteiger partial charge on any atom is 0.246 e. The van der Waals surface area contributed by atoms with E-state index in [1.54, 1.807) is 23.1 Å². The van der Waals surface area contributed by atoms with Gasteiger partial charge in [0, 0.05) is 57.2 Å². The van der Waals surface area contributed by atoms with Crippen LogP contribution in [-0.2, 0) is 14.4 Å². The molecule has 3 atom stereocenters. The molecule has 5 N–H and O–H groups in total.